The summed E-state index contributed by atoms with van der Waals surface area (Å²) in [6, 6.07) is 28.9. The molecule has 0 aliphatic carbocycles. The predicted molar refractivity (Wildman–Crippen MR) is 165 cm³/mol. The van der Waals surface area contributed by atoms with Gasteiger partial charge in [-0.25, -0.2) is 0 Å². The van der Waals surface area contributed by atoms with Gasteiger partial charge < -0.3 is 19.5 Å². The lowest BCUT2D eigenvalue weighted by Gasteiger charge is -2.26. The molecule has 1 unspecified atom stereocenters. The van der Waals surface area contributed by atoms with Crippen molar-refractivity contribution in [3.63, 3.8) is 0 Å². The Morgan fingerprint density at radius 2 is 1.62 bits per heavy atom. The molecule has 1 N–H and O–H groups in total. The highest BCUT2D eigenvalue weighted by Gasteiger charge is 2.47. The monoisotopic (exact) mass is 562 g/mol. The number of rotatable bonds is 9. The molecule has 0 bridgehead atoms. The largest absolute Gasteiger partial charge is 0.507 e. The van der Waals surface area contributed by atoms with Crippen molar-refractivity contribution in [1.29, 1.82) is 0 Å². The van der Waals surface area contributed by atoms with Crippen molar-refractivity contribution in [2.45, 2.75) is 26.5 Å². The number of amides is 1. The third kappa shape index (κ3) is 5.72. The minimum atomic E-state index is -0.840. The number of anilines is 2. The molecule has 0 spiro atoms. The van der Waals surface area contributed by atoms with Crippen LogP contribution in [0.1, 0.15) is 35.2 Å². The maximum atomic E-state index is 13.6. The van der Waals surface area contributed by atoms with E-state index in [9.17, 15) is 14.7 Å². The van der Waals surface area contributed by atoms with E-state index in [0.717, 1.165) is 16.8 Å². The number of aliphatic hydroxyl groups excluding tert-OH is 1. The summed E-state index contributed by atoms with van der Waals surface area (Å²) in [7, 11) is 3.88. The number of benzene rings is 4. The van der Waals surface area contributed by atoms with Crippen LogP contribution in [0.15, 0.2) is 103 Å². The van der Waals surface area contributed by atoms with E-state index in [2.05, 4.69) is 0 Å². The predicted octanol–water partition coefficient (Wildman–Crippen LogP) is 6.67. The quantitative estimate of drug-likeness (QED) is 0.140. The number of nitrogens with zero attached hydrogens (tertiary/aromatic N) is 2. The summed E-state index contributed by atoms with van der Waals surface area (Å²) in [5.41, 5.74) is 4.45. The highest BCUT2D eigenvalue weighted by molar-refractivity contribution is 6.51. The first-order chi connectivity index (χ1) is 20.3. The smallest absolute Gasteiger partial charge is 0.300 e. The second-order valence-electron chi connectivity index (χ2n) is 10.3. The van der Waals surface area contributed by atoms with Gasteiger partial charge in [-0.05, 0) is 73.0 Å². The van der Waals surface area contributed by atoms with Gasteiger partial charge in [0.2, 0.25) is 0 Å². The van der Waals surface area contributed by atoms with Crippen molar-refractivity contribution < 1.29 is 24.2 Å². The molecular formula is C35H34N2O5. The molecule has 4 aromatic carbocycles. The molecule has 0 aromatic heterocycles. The number of hydrogen-bond acceptors (Lipinski definition) is 6. The first-order valence-electron chi connectivity index (χ1n) is 13.9. The number of carbonyl (C=O) groups excluding carboxylic acids is 2. The number of aryl methyl sites for hydroxylation is 1. The summed E-state index contributed by atoms with van der Waals surface area (Å²) in [5, 5.41) is 11.6. The Labute approximate surface area is 246 Å². The van der Waals surface area contributed by atoms with E-state index in [4.69, 9.17) is 9.47 Å². The van der Waals surface area contributed by atoms with Gasteiger partial charge in [-0.3, -0.25) is 14.5 Å². The summed E-state index contributed by atoms with van der Waals surface area (Å²) in [4.78, 5) is 30.6. The molecule has 1 amide bonds. The summed E-state index contributed by atoms with van der Waals surface area (Å²) in [6.07, 6.45) is 0. The molecule has 5 rings (SSSR count). The van der Waals surface area contributed by atoms with Gasteiger partial charge in [-0.2, -0.15) is 0 Å². The Hall–Kier alpha value is -5.04. The molecule has 42 heavy (non-hydrogen) atoms. The fourth-order valence-electron chi connectivity index (χ4n) is 5.11. The second kappa shape index (κ2) is 12.2. The number of ketones is 1. The molecule has 0 radical (unpaired) electrons. The molecule has 7 heteroatoms. The third-order valence-corrected chi connectivity index (χ3v) is 7.26. The Bertz CT molecular complexity index is 1630. The molecule has 0 saturated carbocycles. The molecule has 1 atom stereocenters. The van der Waals surface area contributed by atoms with Gasteiger partial charge in [0.05, 0.1) is 18.2 Å². The topological polar surface area (TPSA) is 79.3 Å². The molecular weight excluding hydrogens is 528 g/mol. The van der Waals surface area contributed by atoms with Crippen LogP contribution in [0.25, 0.3) is 5.76 Å². The Balaban J connectivity index is 1.57. The van der Waals surface area contributed by atoms with Crippen LogP contribution in [0.2, 0.25) is 0 Å². The van der Waals surface area contributed by atoms with Gasteiger partial charge in [-0.1, -0.05) is 48.5 Å². The normalized spacial score (nSPS) is 16.0. The number of aliphatic hydroxyl groups is 1. The van der Waals surface area contributed by atoms with Crippen molar-refractivity contribution in [3.05, 3.63) is 125 Å². The third-order valence-electron chi connectivity index (χ3n) is 7.26. The van der Waals surface area contributed by atoms with Crippen molar-refractivity contribution in [2.24, 2.45) is 0 Å². The van der Waals surface area contributed by atoms with E-state index < -0.39 is 17.7 Å². The van der Waals surface area contributed by atoms with Crippen LogP contribution >= 0.6 is 0 Å². The van der Waals surface area contributed by atoms with Gasteiger partial charge in [0.15, 0.2) is 0 Å². The Morgan fingerprint density at radius 1 is 0.881 bits per heavy atom. The first kappa shape index (κ1) is 28.5. The van der Waals surface area contributed by atoms with E-state index in [0.29, 0.717) is 41.5 Å². The number of carbonyl (C=O) groups is 2. The first-order valence-corrected chi connectivity index (χ1v) is 13.9. The molecule has 214 valence electrons. The average molecular weight is 563 g/mol. The fourth-order valence-corrected chi connectivity index (χ4v) is 5.11. The second-order valence-corrected chi connectivity index (χ2v) is 10.3. The lowest BCUT2D eigenvalue weighted by atomic mass is 9.94. The van der Waals surface area contributed by atoms with Crippen molar-refractivity contribution in [1.82, 2.24) is 0 Å². The lowest BCUT2D eigenvalue weighted by Crippen LogP contribution is -2.29. The zero-order chi connectivity index (χ0) is 29.8. The molecule has 1 aliphatic rings. The van der Waals surface area contributed by atoms with E-state index in [1.54, 1.807) is 42.5 Å². The Kier molecular flexibility index (Phi) is 8.29. The average Bonchev–Trinajstić information content (AvgIpc) is 3.26. The van der Waals surface area contributed by atoms with Gasteiger partial charge in [0.25, 0.3) is 11.7 Å². The maximum absolute atomic E-state index is 13.6. The maximum Gasteiger partial charge on any atom is 0.300 e. The minimum absolute atomic E-state index is 0.0248. The molecule has 1 heterocycles. The molecule has 1 aliphatic heterocycles. The van der Waals surface area contributed by atoms with Crippen LogP contribution < -0.4 is 19.3 Å². The van der Waals surface area contributed by atoms with E-state index in [-0.39, 0.29) is 11.3 Å². The van der Waals surface area contributed by atoms with Crippen molar-refractivity contribution in [3.8, 4) is 11.5 Å². The van der Waals surface area contributed by atoms with E-state index >= 15 is 0 Å². The summed E-state index contributed by atoms with van der Waals surface area (Å²) < 4.78 is 11.7. The van der Waals surface area contributed by atoms with E-state index in [1.165, 1.54) is 4.90 Å². The van der Waals surface area contributed by atoms with Gasteiger partial charge in [-0.15, -0.1) is 0 Å². The van der Waals surface area contributed by atoms with Crippen LogP contribution in [0, 0.1) is 6.92 Å². The van der Waals surface area contributed by atoms with Crippen LogP contribution in [0.3, 0.4) is 0 Å². The van der Waals surface area contributed by atoms with Crippen LogP contribution in [-0.2, 0) is 16.2 Å². The highest BCUT2D eigenvalue weighted by atomic mass is 16.5. The molecule has 4 aromatic rings. The fraction of sp³-hybridized carbons (Fsp3) is 0.200. The number of hydrogen-bond donors (Lipinski definition) is 1. The summed E-state index contributed by atoms with van der Waals surface area (Å²) in [5.74, 6) is -0.458. The SMILES string of the molecule is CCOc1cccc(N2C(=O)C(=O)/C(=C(/O)c3ccc(OCc4ccccc4)c(C)c3)C2c2ccc(N(C)C)cc2)c1. The van der Waals surface area contributed by atoms with Gasteiger partial charge in [0.1, 0.15) is 23.9 Å². The standard InChI is InChI=1S/C35H34N2O5/c1-5-41-29-13-9-12-28(21-29)37-32(25-14-17-27(18-15-25)36(3)4)31(34(39)35(37)40)33(38)26-16-19-30(23(2)20-26)42-22-24-10-7-6-8-11-24/h6-21,32,38H,5,22H2,1-4H3/b33-31+. The van der Waals surface area contributed by atoms with E-state index in [1.807, 2.05) is 87.4 Å². The van der Waals surface area contributed by atoms with Crippen LogP contribution in [0.5, 0.6) is 11.5 Å². The molecule has 1 fully saturated rings. The van der Waals surface area contributed by atoms with Crippen LogP contribution in [0.4, 0.5) is 11.4 Å². The van der Waals surface area contributed by atoms with Gasteiger partial charge in [0, 0.05) is 37.1 Å². The van der Waals surface area contributed by atoms with Crippen molar-refractivity contribution in [2.75, 3.05) is 30.5 Å². The number of ether oxygens (including phenoxy) is 2. The minimum Gasteiger partial charge on any atom is -0.507 e. The lowest BCUT2D eigenvalue weighted by molar-refractivity contribution is -0.132. The summed E-state index contributed by atoms with van der Waals surface area (Å²) >= 11 is 0. The highest BCUT2D eigenvalue weighted by Crippen LogP contribution is 2.43. The van der Waals surface area contributed by atoms with Crippen molar-refractivity contribution >= 4 is 28.8 Å². The van der Waals surface area contributed by atoms with Gasteiger partial charge >= 0.3 is 0 Å². The molecule has 7 nitrogen and oxygen atoms in total. The van der Waals surface area contributed by atoms with Crippen LogP contribution in [-0.4, -0.2) is 37.5 Å². The zero-order valence-electron chi connectivity index (χ0n) is 24.2. The zero-order valence-corrected chi connectivity index (χ0v) is 24.2. The Morgan fingerprint density at radius 3 is 2.29 bits per heavy atom. The molecule has 1 saturated heterocycles. The number of Topliss-reactive ketones (excluding diaryl/α,β-unsaturated/α-hetero) is 1. The summed E-state index contributed by atoms with van der Waals surface area (Å²) in [6.45, 7) is 4.63.